The Morgan fingerprint density at radius 3 is 1.23 bits per heavy atom. The van der Waals surface area contributed by atoms with Crippen molar-refractivity contribution in [3.63, 3.8) is 0 Å². The van der Waals surface area contributed by atoms with E-state index in [0.29, 0.717) is 17.4 Å². The van der Waals surface area contributed by atoms with Gasteiger partial charge in [0.15, 0.2) is 0 Å². The van der Waals surface area contributed by atoms with E-state index in [0.717, 1.165) is 103 Å². The van der Waals surface area contributed by atoms with Gasteiger partial charge in [0, 0.05) is 12.8 Å². The van der Waals surface area contributed by atoms with Gasteiger partial charge in [0.2, 0.25) is 5.91 Å². The number of rotatable bonds is 58. The third-order valence-corrected chi connectivity index (χ3v) is 14.9. The molecule has 0 aromatic heterocycles. The van der Waals surface area contributed by atoms with Crippen LogP contribution in [0.1, 0.15) is 265 Å². The summed E-state index contributed by atoms with van der Waals surface area (Å²) in [5.74, 6) is -0.583. The number of quaternary nitrogens is 1. The Hall–Kier alpha value is -3.59. The Labute approximate surface area is 499 Å². The molecule has 0 spiro atoms. The summed E-state index contributed by atoms with van der Waals surface area (Å²) in [6.07, 6.45) is 83.6. The van der Waals surface area contributed by atoms with Gasteiger partial charge in [-0.3, -0.25) is 18.6 Å². The summed E-state index contributed by atoms with van der Waals surface area (Å²) in [6, 6.07) is -0.887. The zero-order valence-corrected chi connectivity index (χ0v) is 53.9. The van der Waals surface area contributed by atoms with E-state index >= 15 is 0 Å². The predicted octanol–water partition coefficient (Wildman–Crippen LogP) is 20.7. The van der Waals surface area contributed by atoms with Gasteiger partial charge in [-0.1, -0.05) is 258 Å². The van der Waals surface area contributed by atoms with Crippen LogP contribution in [0.2, 0.25) is 0 Å². The highest BCUT2D eigenvalue weighted by Gasteiger charge is 2.30. The van der Waals surface area contributed by atoms with Crippen molar-refractivity contribution in [3.8, 4) is 0 Å². The molecule has 0 fully saturated rings. The highest BCUT2D eigenvalue weighted by molar-refractivity contribution is 7.47. The number of hydrogen-bond acceptors (Lipinski definition) is 6. The molecule has 0 aliphatic carbocycles. The molecule has 0 aromatic carbocycles. The lowest BCUT2D eigenvalue weighted by molar-refractivity contribution is -0.870. The first-order valence-corrected chi connectivity index (χ1v) is 34.4. The summed E-state index contributed by atoms with van der Waals surface area (Å²) in [5, 5.41) is 3.02. The maximum atomic E-state index is 13.5. The zero-order valence-electron chi connectivity index (χ0n) is 53.0. The molecule has 0 aromatic rings. The number of likely N-dealkylation sites (N-methyl/N-ethyl adjacent to an activating group) is 1. The van der Waals surface area contributed by atoms with Gasteiger partial charge in [-0.25, -0.2) is 4.57 Å². The number of esters is 1. The van der Waals surface area contributed by atoms with Crippen LogP contribution in [-0.2, 0) is 27.9 Å². The van der Waals surface area contributed by atoms with E-state index < -0.39 is 20.0 Å². The van der Waals surface area contributed by atoms with Crippen LogP contribution in [0.4, 0.5) is 0 Å². The molecule has 0 rings (SSSR count). The molecule has 10 heteroatoms. The van der Waals surface area contributed by atoms with Crippen LogP contribution in [0, 0.1) is 0 Å². The number of allylic oxidation sites excluding steroid dienone is 19. The fourth-order valence-electron chi connectivity index (χ4n) is 8.84. The van der Waals surface area contributed by atoms with Crippen LogP contribution >= 0.6 is 7.82 Å². The summed E-state index contributed by atoms with van der Waals surface area (Å²) < 4.78 is 30.7. The SMILES string of the molecule is CC/C=C\C/C=C\C/C=C\C/C=C\C/C=C\CCCC(=O)NC(COP(=O)(O)OCC[N+](C)(C)C)C(/C=C\CCCCCCCCCCC)OC(=O)CCCCCCCCCCCCC/C=C\C/C=C\C/C=C\C/C=C\CCCCC. The lowest BCUT2D eigenvalue weighted by atomic mass is 10.0. The normalized spacial score (nSPS) is 14.4. The van der Waals surface area contributed by atoms with E-state index in [-0.39, 0.29) is 37.9 Å². The molecule has 9 nitrogen and oxygen atoms in total. The van der Waals surface area contributed by atoms with Crippen molar-refractivity contribution in [2.75, 3.05) is 40.9 Å². The van der Waals surface area contributed by atoms with Gasteiger partial charge in [-0.05, 0) is 115 Å². The number of amides is 1. The standard InChI is InChI=1S/C71H123N2O7P/c1-7-10-13-16-19-22-25-27-29-31-32-33-34-35-36-37-38-39-40-42-44-46-49-52-55-58-61-64-71(75)80-69(62-59-56-53-50-47-24-21-18-15-12-9-3)68(67-79-81(76,77)78-66-65-73(4,5)6)72-70(74)63-60-57-54-51-48-45-43-41-30-28-26-23-20-17-14-11-8-2/h11,14,19-20,22-23,27-30,32-33,35-36,43,45,51,54,59,62,68-69H,7-10,12-13,15-18,21,24-26,31,34,37-42,44,46-50,52-53,55-58,60-61,63-67H2,1-6H3,(H-,72,74,76,77)/p+1/b14-11-,22-19-,23-20-,29-27-,30-28-,33-32-,36-35-,45-43-,54-51-,62-59-. The van der Waals surface area contributed by atoms with Crippen molar-refractivity contribution in [1.29, 1.82) is 0 Å². The van der Waals surface area contributed by atoms with Crippen molar-refractivity contribution in [1.82, 2.24) is 5.32 Å². The number of hydrogen-bond donors (Lipinski definition) is 2. The monoisotopic (exact) mass is 1150 g/mol. The molecule has 464 valence electrons. The molecule has 3 unspecified atom stereocenters. The summed E-state index contributed by atoms with van der Waals surface area (Å²) in [5.41, 5.74) is 0. The van der Waals surface area contributed by atoms with Crippen LogP contribution in [-0.4, -0.2) is 74.3 Å². The fraction of sp³-hybridized carbons (Fsp3) is 0.690. The van der Waals surface area contributed by atoms with Crippen LogP contribution in [0.3, 0.4) is 0 Å². The van der Waals surface area contributed by atoms with Crippen LogP contribution < -0.4 is 5.32 Å². The first kappa shape index (κ1) is 77.4. The smallest absolute Gasteiger partial charge is 0.456 e. The number of phosphoric acid groups is 1. The summed E-state index contributed by atoms with van der Waals surface area (Å²) >= 11 is 0. The number of carbonyl (C=O) groups excluding carboxylic acids is 2. The second kappa shape index (κ2) is 59.6. The molecule has 0 saturated carbocycles. The molecule has 0 heterocycles. The highest BCUT2D eigenvalue weighted by Crippen LogP contribution is 2.43. The first-order valence-electron chi connectivity index (χ1n) is 32.9. The van der Waals surface area contributed by atoms with Crippen molar-refractivity contribution in [3.05, 3.63) is 122 Å². The lowest BCUT2D eigenvalue weighted by Crippen LogP contribution is -2.47. The maximum absolute atomic E-state index is 13.5. The van der Waals surface area contributed by atoms with Crippen LogP contribution in [0.5, 0.6) is 0 Å². The molecule has 0 radical (unpaired) electrons. The summed E-state index contributed by atoms with van der Waals surface area (Å²) in [7, 11) is 1.44. The number of phosphoric ester groups is 1. The minimum absolute atomic E-state index is 0.0232. The largest absolute Gasteiger partial charge is 0.472 e. The third kappa shape index (κ3) is 60.8. The lowest BCUT2D eigenvalue weighted by Gasteiger charge is -2.27. The zero-order chi connectivity index (χ0) is 59.3. The second-order valence-corrected chi connectivity index (χ2v) is 24.4. The second-order valence-electron chi connectivity index (χ2n) is 22.9. The molecule has 3 atom stereocenters. The Balaban J connectivity index is 5.15. The molecule has 2 N–H and O–H groups in total. The van der Waals surface area contributed by atoms with Gasteiger partial charge in [-0.15, -0.1) is 0 Å². The van der Waals surface area contributed by atoms with E-state index in [1.54, 1.807) is 0 Å². The first-order chi connectivity index (χ1) is 39.4. The van der Waals surface area contributed by atoms with E-state index in [1.165, 1.54) is 122 Å². The topological polar surface area (TPSA) is 111 Å². The van der Waals surface area contributed by atoms with E-state index in [2.05, 4.69) is 135 Å². The Morgan fingerprint density at radius 1 is 0.444 bits per heavy atom. The van der Waals surface area contributed by atoms with Gasteiger partial charge in [0.05, 0.1) is 33.8 Å². The van der Waals surface area contributed by atoms with Crippen LogP contribution in [0.25, 0.3) is 0 Å². The number of nitrogens with zero attached hydrogens (tertiary/aromatic N) is 1. The molecule has 0 aliphatic rings. The van der Waals surface area contributed by atoms with Crippen molar-refractivity contribution < 1.29 is 37.3 Å². The minimum Gasteiger partial charge on any atom is -0.456 e. The molecule has 81 heavy (non-hydrogen) atoms. The predicted molar refractivity (Wildman–Crippen MR) is 350 cm³/mol. The number of ether oxygens (including phenoxy) is 1. The Kier molecular flexibility index (Phi) is 56.9. The Bertz CT molecular complexity index is 1800. The van der Waals surface area contributed by atoms with Gasteiger partial charge in [-0.2, -0.15) is 0 Å². The molecule has 0 aliphatic heterocycles. The average Bonchev–Trinajstić information content (AvgIpc) is 3.44. The highest BCUT2D eigenvalue weighted by atomic mass is 31.2. The summed E-state index contributed by atoms with van der Waals surface area (Å²) in [4.78, 5) is 37.7. The van der Waals surface area contributed by atoms with Crippen molar-refractivity contribution in [2.24, 2.45) is 0 Å². The third-order valence-electron chi connectivity index (χ3n) is 13.9. The number of carbonyl (C=O) groups is 2. The van der Waals surface area contributed by atoms with Gasteiger partial charge in [0.1, 0.15) is 19.3 Å². The van der Waals surface area contributed by atoms with Gasteiger partial charge in [0.25, 0.3) is 0 Å². The number of nitrogens with one attached hydrogen (secondary N) is 1. The quantitative estimate of drug-likeness (QED) is 0.0205. The van der Waals surface area contributed by atoms with E-state index in [4.69, 9.17) is 13.8 Å². The van der Waals surface area contributed by atoms with Crippen LogP contribution in [0.15, 0.2) is 122 Å². The maximum Gasteiger partial charge on any atom is 0.472 e. The van der Waals surface area contributed by atoms with Crippen molar-refractivity contribution in [2.45, 2.75) is 277 Å². The number of unbranched alkanes of at least 4 members (excludes halogenated alkanes) is 24. The van der Waals surface area contributed by atoms with Gasteiger partial charge >= 0.3 is 13.8 Å². The molecule has 1 amide bonds. The van der Waals surface area contributed by atoms with Gasteiger partial charge < -0.3 is 19.4 Å². The van der Waals surface area contributed by atoms with Crippen molar-refractivity contribution >= 4 is 19.7 Å². The minimum atomic E-state index is -4.47. The van der Waals surface area contributed by atoms with E-state index in [1.807, 2.05) is 33.3 Å². The fourth-order valence-corrected chi connectivity index (χ4v) is 9.58. The average molecular weight is 1150 g/mol. The molecular formula is C71H124N2O7P+. The molecular weight excluding hydrogens is 1020 g/mol. The molecule has 0 bridgehead atoms. The Morgan fingerprint density at radius 2 is 0.802 bits per heavy atom. The summed E-state index contributed by atoms with van der Waals surface area (Å²) in [6.45, 7) is 6.81. The molecule has 0 saturated heterocycles. The van der Waals surface area contributed by atoms with E-state index in [9.17, 15) is 19.0 Å².